The van der Waals surface area contributed by atoms with Gasteiger partial charge >= 0.3 is 0 Å². The van der Waals surface area contributed by atoms with Crippen molar-refractivity contribution in [1.29, 1.82) is 0 Å². The van der Waals surface area contributed by atoms with Gasteiger partial charge < -0.3 is 25.7 Å². The number of benzene rings is 1. The van der Waals surface area contributed by atoms with Gasteiger partial charge in [-0.15, -0.1) is 0 Å². The molecule has 9 heteroatoms. The van der Waals surface area contributed by atoms with Crippen LogP contribution in [0.4, 0.5) is 0 Å². The van der Waals surface area contributed by atoms with E-state index in [-0.39, 0.29) is 33.3 Å². The molecule has 0 amide bonds. The second-order valence-corrected chi connectivity index (χ2v) is 4.66. The largest absolute Gasteiger partial charge is 0.505 e. The Kier molecular flexibility index (Phi) is 9.64. The third-order valence-corrected chi connectivity index (χ3v) is 3.46. The van der Waals surface area contributed by atoms with Gasteiger partial charge in [-0.1, -0.05) is 46.4 Å². The molecule has 0 atom stereocenters. The zero-order valence-electron chi connectivity index (χ0n) is 9.63. The Hall–Kier alpha value is -0.140. The van der Waals surface area contributed by atoms with E-state index in [1.807, 2.05) is 0 Å². The number of aromatic hydroxyl groups is 2. The second-order valence-electron chi connectivity index (χ2n) is 3.15. The Labute approximate surface area is 130 Å². The first-order valence-corrected chi connectivity index (χ1v) is 6.55. The average molecular weight is 353 g/mol. The molecule has 5 N–H and O–H groups in total. The van der Waals surface area contributed by atoms with Crippen molar-refractivity contribution in [3.05, 3.63) is 20.1 Å². The molecule has 0 saturated carbocycles. The maximum atomic E-state index is 9.15. The highest BCUT2D eigenvalue weighted by Crippen LogP contribution is 2.48. The smallest absolute Gasteiger partial charge is 0.156 e. The summed E-state index contributed by atoms with van der Waals surface area (Å²) in [5, 5.41) is 36.5. The van der Waals surface area contributed by atoms with E-state index in [0.717, 1.165) is 0 Å². The SMILES string of the molecule is OCCNCCO.Oc1c(Cl)c(Cl)c(O)c(Cl)c1Cl. The number of halogens is 4. The zero-order valence-corrected chi connectivity index (χ0v) is 12.7. The second kappa shape index (κ2) is 9.72. The van der Waals surface area contributed by atoms with Crippen LogP contribution >= 0.6 is 46.4 Å². The fourth-order valence-electron chi connectivity index (χ4n) is 0.892. The van der Waals surface area contributed by atoms with E-state index in [1.54, 1.807) is 0 Å². The minimum atomic E-state index is -0.439. The van der Waals surface area contributed by atoms with Gasteiger partial charge in [-0.3, -0.25) is 0 Å². The van der Waals surface area contributed by atoms with Gasteiger partial charge in [0, 0.05) is 13.1 Å². The Morgan fingerprint density at radius 3 is 1.16 bits per heavy atom. The van der Waals surface area contributed by atoms with Crippen molar-refractivity contribution in [2.24, 2.45) is 0 Å². The summed E-state index contributed by atoms with van der Waals surface area (Å²) in [4.78, 5) is 0. The maximum Gasteiger partial charge on any atom is 0.156 e. The highest BCUT2D eigenvalue weighted by Gasteiger charge is 2.18. The topological polar surface area (TPSA) is 93.0 Å². The number of hydrogen-bond acceptors (Lipinski definition) is 5. The molecule has 0 saturated heterocycles. The van der Waals surface area contributed by atoms with E-state index in [1.165, 1.54) is 0 Å². The highest BCUT2D eigenvalue weighted by atomic mass is 35.5. The van der Waals surface area contributed by atoms with Crippen molar-refractivity contribution in [3.63, 3.8) is 0 Å². The maximum absolute atomic E-state index is 9.15. The van der Waals surface area contributed by atoms with E-state index < -0.39 is 11.5 Å². The summed E-state index contributed by atoms with van der Waals surface area (Å²) < 4.78 is 0. The molecular weight excluding hydrogens is 340 g/mol. The van der Waals surface area contributed by atoms with Crippen LogP contribution in [0.5, 0.6) is 11.5 Å². The van der Waals surface area contributed by atoms with Crippen LogP contribution in [0.25, 0.3) is 0 Å². The minimum absolute atomic E-state index is 0.139. The lowest BCUT2D eigenvalue weighted by Gasteiger charge is -2.06. The summed E-state index contributed by atoms with van der Waals surface area (Å²) in [5.41, 5.74) is 0. The molecule has 5 nitrogen and oxygen atoms in total. The number of aliphatic hydroxyl groups is 2. The molecule has 1 aromatic carbocycles. The molecule has 1 aromatic rings. The summed E-state index contributed by atoms with van der Waals surface area (Å²) in [6, 6.07) is 0. The molecule has 0 aromatic heterocycles. The van der Waals surface area contributed by atoms with Crippen LogP contribution in [-0.2, 0) is 0 Å². The van der Waals surface area contributed by atoms with Crippen molar-refractivity contribution in [3.8, 4) is 11.5 Å². The molecule has 19 heavy (non-hydrogen) atoms. The predicted molar refractivity (Wildman–Crippen MR) is 76.9 cm³/mol. The minimum Gasteiger partial charge on any atom is -0.505 e. The van der Waals surface area contributed by atoms with Gasteiger partial charge in [0.25, 0.3) is 0 Å². The van der Waals surface area contributed by atoms with Gasteiger partial charge in [-0.2, -0.15) is 0 Å². The summed E-state index contributed by atoms with van der Waals surface area (Å²) in [6.07, 6.45) is 0. The number of phenols is 2. The van der Waals surface area contributed by atoms with Crippen molar-refractivity contribution in [1.82, 2.24) is 5.32 Å². The highest BCUT2D eigenvalue weighted by molar-refractivity contribution is 6.50. The van der Waals surface area contributed by atoms with Crippen LogP contribution in [0, 0.1) is 0 Å². The standard InChI is InChI=1S/C6H2Cl4O2.C4H11NO2/c7-1-2(8)6(12)4(10)3(9)5(1)11;6-3-1-5-2-4-7/h11-12H;5-7H,1-4H2. The Morgan fingerprint density at radius 2 is 0.947 bits per heavy atom. The van der Waals surface area contributed by atoms with E-state index >= 15 is 0 Å². The van der Waals surface area contributed by atoms with E-state index in [4.69, 9.17) is 66.8 Å². The molecule has 0 spiro atoms. The number of nitrogens with one attached hydrogen (secondary N) is 1. The lowest BCUT2D eigenvalue weighted by atomic mass is 10.3. The van der Waals surface area contributed by atoms with Crippen molar-refractivity contribution in [2.45, 2.75) is 0 Å². The molecule has 0 aliphatic rings. The molecule has 0 radical (unpaired) electrons. The summed E-state index contributed by atoms with van der Waals surface area (Å²) in [5.74, 6) is -0.878. The van der Waals surface area contributed by atoms with Crippen molar-refractivity contribution >= 4 is 46.4 Å². The van der Waals surface area contributed by atoms with E-state index in [2.05, 4.69) is 5.32 Å². The third kappa shape index (κ3) is 5.79. The van der Waals surface area contributed by atoms with Crippen LogP contribution < -0.4 is 5.32 Å². The van der Waals surface area contributed by atoms with Crippen LogP contribution in [-0.4, -0.2) is 46.7 Å². The number of rotatable bonds is 4. The molecule has 0 fully saturated rings. The van der Waals surface area contributed by atoms with E-state index in [0.29, 0.717) is 13.1 Å². The lowest BCUT2D eigenvalue weighted by Crippen LogP contribution is -2.21. The normalized spacial score (nSPS) is 10.0. The Bertz CT molecular complexity index is 308. The van der Waals surface area contributed by atoms with E-state index in [9.17, 15) is 0 Å². The number of hydrogen-bond donors (Lipinski definition) is 5. The van der Waals surface area contributed by atoms with Crippen molar-refractivity contribution < 1.29 is 20.4 Å². The molecule has 0 heterocycles. The molecular formula is C10H13Cl4NO4. The van der Waals surface area contributed by atoms with Crippen LogP contribution in [0.15, 0.2) is 0 Å². The van der Waals surface area contributed by atoms with Gasteiger partial charge in [0.05, 0.1) is 13.2 Å². The van der Waals surface area contributed by atoms with Crippen molar-refractivity contribution in [2.75, 3.05) is 26.3 Å². The number of aliphatic hydroxyl groups excluding tert-OH is 2. The summed E-state index contributed by atoms with van der Waals surface area (Å²) >= 11 is 21.9. The fraction of sp³-hybridized carbons (Fsp3) is 0.400. The van der Waals surface area contributed by atoms with Gasteiger partial charge in [0.2, 0.25) is 0 Å². The predicted octanol–water partition coefficient (Wildman–Crippen LogP) is 2.27. The van der Waals surface area contributed by atoms with Crippen LogP contribution in [0.3, 0.4) is 0 Å². The summed E-state index contributed by atoms with van der Waals surface area (Å²) in [7, 11) is 0. The quantitative estimate of drug-likeness (QED) is 0.325. The average Bonchev–Trinajstić information content (AvgIpc) is 2.42. The third-order valence-electron chi connectivity index (χ3n) is 1.79. The molecule has 0 aliphatic carbocycles. The molecule has 0 aliphatic heterocycles. The monoisotopic (exact) mass is 351 g/mol. The first-order valence-electron chi connectivity index (χ1n) is 5.04. The first-order chi connectivity index (χ1) is 8.88. The Morgan fingerprint density at radius 1 is 0.684 bits per heavy atom. The first kappa shape index (κ1) is 18.9. The zero-order chi connectivity index (χ0) is 15.0. The lowest BCUT2D eigenvalue weighted by molar-refractivity contribution is 0.266. The van der Waals surface area contributed by atoms with Gasteiger partial charge in [0.15, 0.2) is 11.5 Å². The number of phenolic OH excluding ortho intramolecular Hbond substituents is 2. The molecule has 110 valence electrons. The molecule has 1 rings (SSSR count). The molecule has 0 bridgehead atoms. The van der Waals surface area contributed by atoms with Gasteiger partial charge in [-0.05, 0) is 0 Å². The molecule has 0 unspecified atom stereocenters. The Balaban J connectivity index is 0.000000399. The summed E-state index contributed by atoms with van der Waals surface area (Å²) in [6.45, 7) is 1.42. The van der Waals surface area contributed by atoms with Crippen LogP contribution in [0.2, 0.25) is 20.1 Å². The van der Waals surface area contributed by atoms with Gasteiger partial charge in [0.1, 0.15) is 20.1 Å². The van der Waals surface area contributed by atoms with Gasteiger partial charge in [-0.25, -0.2) is 0 Å². The fourth-order valence-corrected chi connectivity index (χ4v) is 1.72. The van der Waals surface area contributed by atoms with Crippen LogP contribution in [0.1, 0.15) is 0 Å².